The summed E-state index contributed by atoms with van der Waals surface area (Å²) in [6.45, 7) is 0. The maximum Gasteiger partial charge on any atom is 0.417 e. The summed E-state index contributed by atoms with van der Waals surface area (Å²) in [6.07, 6.45) is -1.80. The van der Waals surface area contributed by atoms with Crippen molar-refractivity contribution in [1.82, 2.24) is 14.8 Å². The third-order valence-electron chi connectivity index (χ3n) is 4.64. The number of rotatable bonds is 4. The highest BCUT2D eigenvalue weighted by Gasteiger charge is 2.39. The monoisotopic (exact) mass is 424 g/mol. The number of nitrogens with zero attached hydrogens (tertiary/aromatic N) is 3. The van der Waals surface area contributed by atoms with E-state index < -0.39 is 17.3 Å². The predicted octanol–water partition coefficient (Wildman–Crippen LogP) is 4.41. The molecule has 1 N–H and O–H groups in total. The number of aromatic nitrogens is 3. The molecule has 1 fully saturated rings. The van der Waals surface area contributed by atoms with Crippen molar-refractivity contribution in [2.45, 2.75) is 24.6 Å². The Labute approximate surface area is 167 Å². The topological polar surface area (TPSA) is 59.8 Å². The maximum absolute atomic E-state index is 13.0. The van der Waals surface area contributed by atoms with Gasteiger partial charge in [0.1, 0.15) is 10.8 Å². The highest BCUT2D eigenvalue weighted by molar-refractivity contribution is 6.33. The Bertz CT molecular complexity index is 1100. The molecule has 0 amide bonds. The van der Waals surface area contributed by atoms with Crippen LogP contribution in [-0.2, 0) is 6.18 Å². The lowest BCUT2D eigenvalue weighted by atomic mass is 10.1. The molecule has 1 saturated carbocycles. The van der Waals surface area contributed by atoms with Crippen LogP contribution in [0.5, 0.6) is 0 Å². The van der Waals surface area contributed by atoms with Crippen molar-refractivity contribution in [3.05, 3.63) is 81.1 Å². The van der Waals surface area contributed by atoms with Crippen LogP contribution in [0.2, 0.25) is 5.02 Å². The van der Waals surface area contributed by atoms with Crippen LogP contribution in [-0.4, -0.2) is 20.8 Å². The Kier molecular flexibility index (Phi) is 4.77. The first-order valence-corrected chi connectivity index (χ1v) is 8.95. The number of hydrogen-bond donors (Lipinski definition) is 1. The van der Waals surface area contributed by atoms with Gasteiger partial charge >= 0.3 is 6.18 Å². The molecule has 2 aromatic heterocycles. The van der Waals surface area contributed by atoms with Gasteiger partial charge in [0.15, 0.2) is 5.82 Å². The molecule has 0 spiro atoms. The number of halogens is 5. The van der Waals surface area contributed by atoms with Crippen molar-refractivity contribution in [1.29, 1.82) is 0 Å². The smallest absolute Gasteiger partial charge is 0.379 e. The fourth-order valence-electron chi connectivity index (χ4n) is 3.01. The van der Waals surface area contributed by atoms with Gasteiger partial charge < -0.3 is 5.32 Å². The summed E-state index contributed by atoms with van der Waals surface area (Å²) in [5, 5.41) is 6.93. The number of nitrogens with one attached hydrogen (secondary N) is 1. The number of hydrogen-bond acceptors (Lipinski definition) is 4. The predicted molar refractivity (Wildman–Crippen MR) is 98.8 cm³/mol. The lowest BCUT2D eigenvalue weighted by molar-refractivity contribution is -0.137. The zero-order valence-corrected chi connectivity index (χ0v) is 15.4. The molecule has 1 aromatic carbocycles. The summed E-state index contributed by atoms with van der Waals surface area (Å²) in [7, 11) is 0. The minimum atomic E-state index is -4.53. The normalized spacial score (nSPS) is 18.5. The molecular formula is C19H13ClF4N4O. The van der Waals surface area contributed by atoms with E-state index in [1.165, 1.54) is 18.3 Å². The lowest BCUT2D eigenvalue weighted by Crippen LogP contribution is -2.24. The quantitative estimate of drug-likeness (QED) is 0.630. The molecular weight excluding hydrogens is 412 g/mol. The van der Waals surface area contributed by atoms with Gasteiger partial charge in [-0.25, -0.2) is 9.37 Å². The van der Waals surface area contributed by atoms with Gasteiger partial charge in [0, 0.05) is 18.2 Å². The lowest BCUT2D eigenvalue weighted by Gasteiger charge is -2.11. The number of anilines is 1. The van der Waals surface area contributed by atoms with E-state index in [-0.39, 0.29) is 28.6 Å². The highest BCUT2D eigenvalue weighted by Crippen LogP contribution is 2.43. The first kappa shape index (κ1) is 19.4. The van der Waals surface area contributed by atoms with Crippen molar-refractivity contribution < 1.29 is 17.6 Å². The first-order chi connectivity index (χ1) is 13.7. The van der Waals surface area contributed by atoms with Gasteiger partial charge in [0.25, 0.3) is 5.56 Å². The van der Waals surface area contributed by atoms with Crippen molar-refractivity contribution in [3.63, 3.8) is 0 Å². The van der Waals surface area contributed by atoms with Gasteiger partial charge in [-0.05, 0) is 36.2 Å². The van der Waals surface area contributed by atoms with Crippen LogP contribution in [0.1, 0.15) is 23.5 Å². The van der Waals surface area contributed by atoms with E-state index in [9.17, 15) is 22.4 Å². The van der Waals surface area contributed by atoms with Crippen LogP contribution in [0.3, 0.4) is 0 Å². The Morgan fingerprint density at radius 3 is 2.45 bits per heavy atom. The van der Waals surface area contributed by atoms with Gasteiger partial charge in [-0.15, -0.1) is 0 Å². The minimum Gasteiger partial charge on any atom is -0.379 e. The Morgan fingerprint density at radius 2 is 1.83 bits per heavy atom. The first-order valence-electron chi connectivity index (χ1n) is 8.57. The van der Waals surface area contributed by atoms with Crippen LogP contribution in [0.15, 0.2) is 53.6 Å². The van der Waals surface area contributed by atoms with Gasteiger partial charge in [0.2, 0.25) is 0 Å². The number of pyridine rings is 1. The van der Waals surface area contributed by atoms with Gasteiger partial charge in [0.05, 0.1) is 17.4 Å². The average Bonchev–Trinajstić information content (AvgIpc) is 3.45. The zero-order chi connectivity index (χ0) is 20.8. The summed E-state index contributed by atoms with van der Waals surface area (Å²) < 4.78 is 51.8. The fraction of sp³-hybridized carbons (Fsp3) is 0.211. The SMILES string of the molecule is O=c1c(Cl)c(N[C@@H]2C[C@H]2c2ccc(F)cc2)cnn1-c1ccc(C(F)(F)F)cn1. The fourth-order valence-corrected chi connectivity index (χ4v) is 3.19. The average molecular weight is 425 g/mol. The van der Waals surface area contributed by atoms with Gasteiger partial charge in [-0.3, -0.25) is 4.79 Å². The molecule has 150 valence electrons. The van der Waals surface area contributed by atoms with E-state index in [0.717, 1.165) is 28.8 Å². The third kappa shape index (κ3) is 3.95. The molecule has 0 aliphatic heterocycles. The number of alkyl halides is 3. The molecule has 0 saturated heterocycles. The largest absolute Gasteiger partial charge is 0.417 e. The van der Waals surface area contributed by atoms with E-state index >= 15 is 0 Å². The molecule has 5 nitrogen and oxygen atoms in total. The van der Waals surface area contributed by atoms with Crippen molar-refractivity contribution >= 4 is 17.3 Å². The summed E-state index contributed by atoms with van der Waals surface area (Å²) in [4.78, 5) is 16.1. The van der Waals surface area contributed by atoms with E-state index in [0.29, 0.717) is 11.9 Å². The van der Waals surface area contributed by atoms with Crippen LogP contribution < -0.4 is 10.9 Å². The van der Waals surface area contributed by atoms with Gasteiger partial charge in [-0.1, -0.05) is 23.7 Å². The molecule has 0 radical (unpaired) electrons. The Morgan fingerprint density at radius 1 is 1.10 bits per heavy atom. The summed E-state index contributed by atoms with van der Waals surface area (Å²) >= 11 is 6.15. The second-order valence-corrected chi connectivity index (χ2v) is 7.01. The second-order valence-electron chi connectivity index (χ2n) is 6.64. The zero-order valence-electron chi connectivity index (χ0n) is 14.6. The molecule has 2 atom stereocenters. The van der Waals surface area contributed by atoms with Crippen LogP contribution in [0, 0.1) is 5.82 Å². The maximum atomic E-state index is 13.0. The molecule has 1 aliphatic rings. The summed E-state index contributed by atoms with van der Waals surface area (Å²) in [5.41, 5.74) is -0.355. The highest BCUT2D eigenvalue weighted by atomic mass is 35.5. The van der Waals surface area contributed by atoms with Crippen LogP contribution in [0.25, 0.3) is 5.82 Å². The molecule has 2 heterocycles. The van der Waals surface area contributed by atoms with E-state index in [1.807, 2.05) is 0 Å². The van der Waals surface area contributed by atoms with Crippen molar-refractivity contribution in [3.8, 4) is 5.82 Å². The van der Waals surface area contributed by atoms with Crippen LogP contribution in [0.4, 0.5) is 23.2 Å². The molecule has 4 rings (SSSR count). The van der Waals surface area contributed by atoms with Crippen molar-refractivity contribution in [2.75, 3.05) is 5.32 Å². The molecule has 0 bridgehead atoms. The molecule has 1 aliphatic carbocycles. The van der Waals surface area contributed by atoms with E-state index in [4.69, 9.17) is 11.6 Å². The van der Waals surface area contributed by atoms with Crippen LogP contribution >= 0.6 is 11.6 Å². The van der Waals surface area contributed by atoms with E-state index in [1.54, 1.807) is 12.1 Å². The number of benzene rings is 1. The second kappa shape index (κ2) is 7.14. The van der Waals surface area contributed by atoms with Crippen molar-refractivity contribution in [2.24, 2.45) is 0 Å². The van der Waals surface area contributed by atoms with Gasteiger partial charge in [-0.2, -0.15) is 23.0 Å². The summed E-state index contributed by atoms with van der Waals surface area (Å²) in [6, 6.07) is 8.06. The molecule has 0 unspecified atom stereocenters. The minimum absolute atomic E-state index is 0.0132. The Hall–Kier alpha value is -2.94. The standard InChI is InChI=1S/C19H13ClF4N4O/c20-17-15(27-14-7-13(14)10-1-4-12(21)5-2-10)9-26-28(18(17)29)16-6-3-11(8-25-16)19(22,23)24/h1-6,8-9,13-14,27H,7H2/t13-,14+/m0/s1. The summed E-state index contributed by atoms with van der Waals surface area (Å²) in [5.74, 6) is -0.232. The van der Waals surface area contributed by atoms with E-state index in [2.05, 4.69) is 15.4 Å². The molecule has 3 aromatic rings. The Balaban J connectivity index is 1.52. The molecule has 10 heteroatoms. The molecule has 29 heavy (non-hydrogen) atoms. The third-order valence-corrected chi connectivity index (χ3v) is 5.01.